The summed E-state index contributed by atoms with van der Waals surface area (Å²) >= 11 is 0. The van der Waals surface area contributed by atoms with Gasteiger partial charge in [0.05, 0.1) is 0 Å². The first-order valence-electron chi connectivity index (χ1n) is 6.85. The smallest absolute Gasteiger partial charge is 0.0246 e. The second kappa shape index (κ2) is 6.02. The summed E-state index contributed by atoms with van der Waals surface area (Å²) in [6, 6.07) is 1.38. The Morgan fingerprint density at radius 1 is 1.31 bits per heavy atom. The number of hydrogen-bond acceptors (Lipinski definition) is 2. The zero-order valence-electron chi connectivity index (χ0n) is 11.8. The van der Waals surface area contributed by atoms with Crippen molar-refractivity contribution >= 4 is 0 Å². The summed E-state index contributed by atoms with van der Waals surface area (Å²) in [6.45, 7) is 11.9. The van der Waals surface area contributed by atoms with Crippen LogP contribution >= 0.6 is 0 Å². The molecule has 1 aliphatic rings. The van der Waals surface area contributed by atoms with Crippen molar-refractivity contribution in [3.05, 3.63) is 0 Å². The fourth-order valence-electron chi connectivity index (χ4n) is 2.53. The highest BCUT2D eigenvalue weighted by Crippen LogP contribution is 2.24. The van der Waals surface area contributed by atoms with E-state index in [1.54, 1.807) is 0 Å². The number of hydrogen-bond donors (Lipinski definition) is 1. The van der Waals surface area contributed by atoms with Crippen LogP contribution in [0.25, 0.3) is 0 Å². The molecule has 16 heavy (non-hydrogen) atoms. The lowest BCUT2D eigenvalue weighted by Crippen LogP contribution is -2.50. The summed E-state index contributed by atoms with van der Waals surface area (Å²) in [6.07, 6.45) is 5.46. The molecule has 1 aliphatic heterocycles. The Bertz CT molecular complexity index is 195. The van der Waals surface area contributed by atoms with E-state index in [-0.39, 0.29) is 0 Å². The van der Waals surface area contributed by atoms with E-state index in [2.05, 4.69) is 45.0 Å². The molecule has 1 N–H and O–H groups in total. The number of likely N-dealkylation sites (N-methyl/N-ethyl adjacent to an activating group) is 1. The molecule has 0 aromatic heterocycles. The molecule has 1 heterocycles. The summed E-state index contributed by atoms with van der Waals surface area (Å²) in [5.74, 6) is 0. The van der Waals surface area contributed by atoms with Gasteiger partial charge in [0.2, 0.25) is 0 Å². The predicted octanol–water partition coefficient (Wildman–Crippen LogP) is 2.89. The quantitative estimate of drug-likeness (QED) is 0.793. The Hall–Kier alpha value is -0.0800. The van der Waals surface area contributed by atoms with E-state index in [0.29, 0.717) is 11.5 Å². The molecule has 0 spiro atoms. The fourth-order valence-corrected chi connectivity index (χ4v) is 2.53. The van der Waals surface area contributed by atoms with E-state index >= 15 is 0 Å². The van der Waals surface area contributed by atoms with E-state index < -0.39 is 0 Å². The number of piperidine rings is 1. The maximum atomic E-state index is 3.42. The molecule has 0 saturated carbocycles. The van der Waals surface area contributed by atoms with Gasteiger partial charge in [0.1, 0.15) is 0 Å². The van der Waals surface area contributed by atoms with Crippen molar-refractivity contribution in [3.63, 3.8) is 0 Å². The Kier molecular flexibility index (Phi) is 5.26. The van der Waals surface area contributed by atoms with E-state index in [1.165, 1.54) is 38.8 Å². The van der Waals surface area contributed by atoms with Crippen LogP contribution in [0.2, 0.25) is 0 Å². The van der Waals surface area contributed by atoms with Crippen LogP contribution in [-0.2, 0) is 0 Å². The van der Waals surface area contributed by atoms with Crippen LogP contribution in [0.3, 0.4) is 0 Å². The molecule has 1 rings (SSSR count). The normalized spacial score (nSPS) is 25.7. The van der Waals surface area contributed by atoms with Crippen molar-refractivity contribution in [1.29, 1.82) is 0 Å². The van der Waals surface area contributed by atoms with Crippen molar-refractivity contribution in [2.75, 3.05) is 20.1 Å². The Morgan fingerprint density at radius 2 is 2.00 bits per heavy atom. The lowest BCUT2D eigenvalue weighted by Gasteiger charge is -2.40. The largest absolute Gasteiger partial charge is 0.316 e. The molecule has 2 nitrogen and oxygen atoms in total. The van der Waals surface area contributed by atoms with Crippen molar-refractivity contribution in [1.82, 2.24) is 10.2 Å². The van der Waals surface area contributed by atoms with Gasteiger partial charge in [0.15, 0.2) is 0 Å². The highest BCUT2D eigenvalue weighted by atomic mass is 15.2. The van der Waals surface area contributed by atoms with Gasteiger partial charge >= 0.3 is 0 Å². The number of rotatable bonds is 4. The van der Waals surface area contributed by atoms with Crippen molar-refractivity contribution in [2.45, 2.75) is 65.5 Å². The number of likely N-dealkylation sites (tertiary alicyclic amines) is 1. The summed E-state index contributed by atoms with van der Waals surface area (Å²) in [7, 11) is 2.08. The van der Waals surface area contributed by atoms with Crippen molar-refractivity contribution in [3.8, 4) is 0 Å². The van der Waals surface area contributed by atoms with Gasteiger partial charge in [0.25, 0.3) is 0 Å². The Labute approximate surface area is 102 Å². The van der Waals surface area contributed by atoms with Crippen LogP contribution in [0.5, 0.6) is 0 Å². The van der Waals surface area contributed by atoms with Gasteiger partial charge in [-0.1, -0.05) is 27.2 Å². The fraction of sp³-hybridized carbons (Fsp3) is 1.00. The number of nitrogens with one attached hydrogen (secondary N) is 1. The highest BCUT2D eigenvalue weighted by molar-refractivity contribution is 4.84. The van der Waals surface area contributed by atoms with Gasteiger partial charge in [0, 0.05) is 12.1 Å². The molecule has 0 aromatic carbocycles. The molecular weight excluding hydrogens is 196 g/mol. The van der Waals surface area contributed by atoms with Gasteiger partial charge < -0.3 is 5.32 Å². The van der Waals surface area contributed by atoms with Crippen LogP contribution in [-0.4, -0.2) is 37.1 Å². The van der Waals surface area contributed by atoms with Gasteiger partial charge in [-0.3, -0.25) is 4.90 Å². The highest BCUT2D eigenvalue weighted by Gasteiger charge is 2.27. The summed E-state index contributed by atoms with van der Waals surface area (Å²) in [5.41, 5.74) is 0.463. The number of nitrogens with zero attached hydrogens (tertiary/aromatic N) is 1. The molecule has 0 amide bonds. The van der Waals surface area contributed by atoms with E-state index in [4.69, 9.17) is 0 Å². The summed E-state index contributed by atoms with van der Waals surface area (Å²) in [4.78, 5) is 2.70. The van der Waals surface area contributed by atoms with Gasteiger partial charge in [-0.15, -0.1) is 0 Å². The molecular formula is C14H30N2. The average molecular weight is 226 g/mol. The first kappa shape index (κ1) is 14.0. The van der Waals surface area contributed by atoms with Crippen LogP contribution in [0.15, 0.2) is 0 Å². The average Bonchev–Trinajstić information content (AvgIpc) is 2.25. The third kappa shape index (κ3) is 4.42. The van der Waals surface area contributed by atoms with Gasteiger partial charge in [-0.05, 0) is 51.7 Å². The van der Waals surface area contributed by atoms with Crippen molar-refractivity contribution < 1.29 is 0 Å². The molecule has 2 atom stereocenters. The minimum atomic E-state index is 0.463. The molecule has 2 heteroatoms. The maximum absolute atomic E-state index is 3.42. The summed E-state index contributed by atoms with van der Waals surface area (Å²) < 4.78 is 0. The zero-order chi connectivity index (χ0) is 12.2. The molecule has 2 unspecified atom stereocenters. The minimum absolute atomic E-state index is 0.463. The third-order valence-corrected chi connectivity index (χ3v) is 3.85. The standard InChI is InChI=1S/C14H30N2/c1-12(15-5)13-8-6-7-10-16(13)11-9-14(2,3)4/h12-13,15H,6-11H2,1-5H3. The maximum Gasteiger partial charge on any atom is 0.0246 e. The zero-order valence-corrected chi connectivity index (χ0v) is 11.8. The third-order valence-electron chi connectivity index (χ3n) is 3.85. The lowest BCUT2D eigenvalue weighted by molar-refractivity contribution is 0.107. The van der Waals surface area contributed by atoms with Crippen LogP contribution < -0.4 is 5.32 Å². The van der Waals surface area contributed by atoms with Crippen LogP contribution in [0, 0.1) is 5.41 Å². The molecule has 0 bridgehead atoms. The molecule has 0 aromatic rings. The van der Waals surface area contributed by atoms with E-state index in [1.807, 2.05) is 0 Å². The first-order valence-corrected chi connectivity index (χ1v) is 6.85. The lowest BCUT2D eigenvalue weighted by atomic mass is 9.90. The molecule has 1 fully saturated rings. The second-order valence-electron chi connectivity index (χ2n) is 6.49. The van der Waals surface area contributed by atoms with Crippen LogP contribution in [0.4, 0.5) is 0 Å². The predicted molar refractivity (Wildman–Crippen MR) is 71.8 cm³/mol. The molecule has 96 valence electrons. The monoisotopic (exact) mass is 226 g/mol. The van der Waals surface area contributed by atoms with Crippen molar-refractivity contribution in [2.24, 2.45) is 5.41 Å². The Morgan fingerprint density at radius 3 is 2.56 bits per heavy atom. The van der Waals surface area contributed by atoms with Crippen LogP contribution in [0.1, 0.15) is 53.4 Å². The summed E-state index contributed by atoms with van der Waals surface area (Å²) in [5, 5.41) is 3.42. The SMILES string of the molecule is CNC(C)C1CCCCN1CCC(C)(C)C. The second-order valence-corrected chi connectivity index (χ2v) is 6.49. The first-order chi connectivity index (χ1) is 7.44. The van der Waals surface area contributed by atoms with Gasteiger partial charge in [-0.25, -0.2) is 0 Å². The van der Waals surface area contributed by atoms with E-state index in [9.17, 15) is 0 Å². The van der Waals surface area contributed by atoms with Gasteiger partial charge in [-0.2, -0.15) is 0 Å². The molecule has 0 radical (unpaired) electrons. The topological polar surface area (TPSA) is 15.3 Å². The molecule has 0 aliphatic carbocycles. The minimum Gasteiger partial charge on any atom is -0.316 e. The Balaban J connectivity index is 2.47. The van der Waals surface area contributed by atoms with E-state index in [0.717, 1.165) is 6.04 Å². The molecule has 1 saturated heterocycles.